The van der Waals surface area contributed by atoms with Crippen molar-refractivity contribution in [2.75, 3.05) is 0 Å². The van der Waals surface area contributed by atoms with Crippen LogP contribution in [0, 0.1) is 6.92 Å². The summed E-state index contributed by atoms with van der Waals surface area (Å²) < 4.78 is 0.841. The monoisotopic (exact) mass is 333 g/mol. The Morgan fingerprint density at radius 3 is 2.75 bits per heavy atom. The van der Waals surface area contributed by atoms with Crippen molar-refractivity contribution in [2.24, 2.45) is 4.99 Å². The Balaban J connectivity index is 2.34. The van der Waals surface area contributed by atoms with Crippen LogP contribution >= 0.6 is 15.9 Å². The average molecular weight is 334 g/mol. The number of halogens is 1. The summed E-state index contributed by atoms with van der Waals surface area (Å²) in [6.07, 6.45) is 1.51. The number of aliphatic imine (C=N–C) groups is 1. The molecule has 0 radical (unpaired) electrons. The molecule has 0 unspecified atom stereocenters. The highest BCUT2D eigenvalue weighted by Crippen LogP contribution is 2.26. The third-order valence-electron chi connectivity index (χ3n) is 2.74. The predicted molar refractivity (Wildman–Crippen MR) is 81.2 cm³/mol. The first kappa shape index (κ1) is 14.3. The number of carboxylic acids is 1. The van der Waals surface area contributed by atoms with Crippen molar-refractivity contribution in [1.29, 1.82) is 0 Å². The smallest absolute Gasteiger partial charge is 0.335 e. The molecule has 0 heterocycles. The van der Waals surface area contributed by atoms with Crippen LogP contribution in [-0.2, 0) is 0 Å². The van der Waals surface area contributed by atoms with Gasteiger partial charge in [-0.05, 0) is 42.8 Å². The van der Waals surface area contributed by atoms with Crippen molar-refractivity contribution in [3.8, 4) is 5.75 Å². The lowest BCUT2D eigenvalue weighted by atomic mass is 10.1. The molecule has 20 heavy (non-hydrogen) atoms. The first-order valence-corrected chi connectivity index (χ1v) is 6.63. The Morgan fingerprint density at radius 2 is 2.05 bits per heavy atom. The molecule has 5 heteroatoms. The summed E-state index contributed by atoms with van der Waals surface area (Å²) in [5.41, 5.74) is 1.99. The topological polar surface area (TPSA) is 69.9 Å². The molecule has 0 aliphatic rings. The highest BCUT2D eigenvalue weighted by atomic mass is 79.9. The average Bonchev–Trinajstić information content (AvgIpc) is 2.41. The Morgan fingerprint density at radius 1 is 1.30 bits per heavy atom. The van der Waals surface area contributed by atoms with E-state index < -0.39 is 5.97 Å². The third kappa shape index (κ3) is 3.24. The molecule has 0 amide bonds. The largest absolute Gasteiger partial charge is 0.507 e. The van der Waals surface area contributed by atoms with Gasteiger partial charge in [0.25, 0.3) is 0 Å². The molecule has 2 N–H and O–H groups in total. The maximum absolute atomic E-state index is 10.9. The maximum atomic E-state index is 10.9. The number of phenolic OH excluding ortho intramolecular Hbond substituents is 1. The maximum Gasteiger partial charge on any atom is 0.335 e. The number of carboxylic acid groups (broad SMARTS) is 1. The summed E-state index contributed by atoms with van der Waals surface area (Å²) >= 11 is 3.35. The number of rotatable bonds is 3. The molecule has 2 aromatic carbocycles. The molecule has 102 valence electrons. The van der Waals surface area contributed by atoms with E-state index in [9.17, 15) is 9.90 Å². The molecular weight excluding hydrogens is 322 g/mol. The minimum absolute atomic E-state index is 0.159. The number of hydrogen-bond acceptors (Lipinski definition) is 3. The molecule has 0 aliphatic carbocycles. The molecule has 0 aliphatic heterocycles. The van der Waals surface area contributed by atoms with Crippen LogP contribution in [0.4, 0.5) is 5.69 Å². The zero-order valence-electron chi connectivity index (χ0n) is 10.7. The second-order valence-corrected chi connectivity index (χ2v) is 5.19. The van der Waals surface area contributed by atoms with E-state index in [4.69, 9.17) is 5.11 Å². The van der Waals surface area contributed by atoms with E-state index in [1.807, 2.05) is 0 Å². The first-order valence-electron chi connectivity index (χ1n) is 5.84. The van der Waals surface area contributed by atoms with Gasteiger partial charge in [0.05, 0.1) is 11.3 Å². The summed E-state index contributed by atoms with van der Waals surface area (Å²) in [5.74, 6) is -0.838. The number of nitrogens with zero attached hydrogens (tertiary/aromatic N) is 1. The highest BCUT2D eigenvalue weighted by Gasteiger charge is 2.05. The fourth-order valence-corrected chi connectivity index (χ4v) is 2.31. The van der Waals surface area contributed by atoms with Crippen LogP contribution in [0.3, 0.4) is 0 Å². The lowest BCUT2D eigenvalue weighted by Crippen LogP contribution is -1.94. The van der Waals surface area contributed by atoms with Crippen molar-refractivity contribution in [3.05, 3.63) is 57.6 Å². The summed E-state index contributed by atoms with van der Waals surface area (Å²) in [7, 11) is 0. The zero-order chi connectivity index (χ0) is 14.7. The third-order valence-corrected chi connectivity index (χ3v) is 3.20. The minimum Gasteiger partial charge on any atom is -0.507 e. The molecule has 0 fully saturated rings. The van der Waals surface area contributed by atoms with E-state index in [0.29, 0.717) is 11.3 Å². The van der Waals surface area contributed by atoms with Gasteiger partial charge >= 0.3 is 5.97 Å². The van der Waals surface area contributed by atoms with Crippen LogP contribution in [0.25, 0.3) is 0 Å². The number of aryl methyl sites for hydroxylation is 1. The molecule has 2 rings (SSSR count). The van der Waals surface area contributed by atoms with Gasteiger partial charge in [0.1, 0.15) is 5.75 Å². The Kier molecular flexibility index (Phi) is 4.20. The molecule has 0 spiro atoms. The van der Waals surface area contributed by atoms with Gasteiger partial charge in [-0.1, -0.05) is 22.0 Å². The van der Waals surface area contributed by atoms with Crippen LogP contribution in [-0.4, -0.2) is 22.4 Å². The number of carbonyl (C=O) groups is 1. The summed E-state index contributed by atoms with van der Waals surface area (Å²) in [6, 6.07) is 9.85. The van der Waals surface area contributed by atoms with Crippen LogP contribution in [0.1, 0.15) is 21.5 Å². The van der Waals surface area contributed by atoms with Crippen molar-refractivity contribution < 1.29 is 15.0 Å². The van der Waals surface area contributed by atoms with Crippen LogP contribution < -0.4 is 0 Å². The fourth-order valence-electron chi connectivity index (χ4n) is 1.72. The fraction of sp³-hybridized carbons (Fsp3) is 0.0667. The lowest BCUT2D eigenvalue weighted by Gasteiger charge is -2.04. The van der Waals surface area contributed by atoms with Gasteiger partial charge in [-0.25, -0.2) is 4.79 Å². The second-order valence-electron chi connectivity index (χ2n) is 4.27. The highest BCUT2D eigenvalue weighted by molar-refractivity contribution is 9.10. The molecule has 0 saturated heterocycles. The number of hydrogen-bond donors (Lipinski definition) is 2. The van der Waals surface area contributed by atoms with Crippen LogP contribution in [0.15, 0.2) is 45.9 Å². The second kappa shape index (κ2) is 5.88. The molecule has 0 bridgehead atoms. The minimum atomic E-state index is -0.997. The SMILES string of the molecule is Cc1cc(Br)cc(C=Nc2cccc(C(=O)O)c2)c1O. The summed E-state index contributed by atoms with van der Waals surface area (Å²) in [6.45, 7) is 1.79. The van der Waals surface area contributed by atoms with E-state index in [0.717, 1.165) is 10.0 Å². The summed E-state index contributed by atoms with van der Waals surface area (Å²) in [4.78, 5) is 15.1. The Hall–Kier alpha value is -2.14. The number of aromatic hydroxyl groups is 1. The van der Waals surface area contributed by atoms with Crippen LogP contribution in [0.2, 0.25) is 0 Å². The van der Waals surface area contributed by atoms with Crippen molar-refractivity contribution in [3.63, 3.8) is 0 Å². The van der Waals surface area contributed by atoms with E-state index in [1.54, 1.807) is 31.2 Å². The van der Waals surface area contributed by atoms with E-state index in [1.165, 1.54) is 18.3 Å². The van der Waals surface area contributed by atoms with Crippen molar-refractivity contribution in [1.82, 2.24) is 0 Å². The normalized spacial score (nSPS) is 10.9. The predicted octanol–water partition coefficient (Wildman–Crippen LogP) is 3.91. The van der Waals surface area contributed by atoms with Gasteiger partial charge in [0.2, 0.25) is 0 Å². The quantitative estimate of drug-likeness (QED) is 0.836. The standard InChI is InChI=1S/C15H12BrNO3/c1-9-5-12(16)6-11(14(9)18)8-17-13-4-2-3-10(7-13)15(19)20/h2-8,18H,1H3,(H,19,20). The summed E-state index contributed by atoms with van der Waals surface area (Å²) in [5, 5.41) is 18.8. The first-order chi connectivity index (χ1) is 9.47. The van der Waals surface area contributed by atoms with E-state index in [-0.39, 0.29) is 11.3 Å². The van der Waals surface area contributed by atoms with Crippen molar-refractivity contribution in [2.45, 2.75) is 6.92 Å². The molecular formula is C15H12BrNO3. The molecule has 4 nitrogen and oxygen atoms in total. The number of aromatic carboxylic acids is 1. The van der Waals surface area contributed by atoms with Gasteiger partial charge in [0.15, 0.2) is 0 Å². The molecule has 0 aromatic heterocycles. The van der Waals surface area contributed by atoms with Crippen LogP contribution in [0.5, 0.6) is 5.75 Å². The zero-order valence-corrected chi connectivity index (χ0v) is 12.3. The number of benzene rings is 2. The van der Waals surface area contributed by atoms with Crippen molar-refractivity contribution >= 4 is 33.8 Å². The molecule has 2 aromatic rings. The van der Waals surface area contributed by atoms with Gasteiger partial charge in [-0.15, -0.1) is 0 Å². The number of phenols is 1. The lowest BCUT2D eigenvalue weighted by molar-refractivity contribution is 0.0697. The van der Waals surface area contributed by atoms with E-state index in [2.05, 4.69) is 20.9 Å². The van der Waals surface area contributed by atoms with Gasteiger partial charge in [-0.2, -0.15) is 0 Å². The van der Waals surface area contributed by atoms with E-state index >= 15 is 0 Å². The Labute approximate surface area is 124 Å². The van der Waals surface area contributed by atoms with Gasteiger partial charge in [-0.3, -0.25) is 4.99 Å². The van der Waals surface area contributed by atoms with Gasteiger partial charge in [0, 0.05) is 16.3 Å². The molecule has 0 saturated carbocycles. The van der Waals surface area contributed by atoms with Gasteiger partial charge < -0.3 is 10.2 Å². The molecule has 0 atom stereocenters. The Bertz CT molecular complexity index is 696.